The molecule has 2 aromatic heterocycles. The van der Waals surface area contributed by atoms with Crippen LogP contribution in [-0.4, -0.2) is 123 Å². The van der Waals surface area contributed by atoms with Crippen LogP contribution in [0.2, 0.25) is 0 Å². The van der Waals surface area contributed by atoms with Crippen molar-refractivity contribution in [2.75, 3.05) is 57.4 Å². The molecular formula is C36H50FN7O5. The first-order valence-corrected chi connectivity index (χ1v) is 17.3. The molecule has 0 radical (unpaired) electrons. The van der Waals surface area contributed by atoms with Crippen molar-refractivity contribution in [3.8, 4) is 0 Å². The predicted octanol–water partition coefficient (Wildman–Crippen LogP) is 3.61. The van der Waals surface area contributed by atoms with Gasteiger partial charge in [0.05, 0.1) is 31.1 Å². The quantitative estimate of drug-likeness (QED) is 0.400. The molecule has 13 heteroatoms. The predicted molar refractivity (Wildman–Crippen MR) is 183 cm³/mol. The lowest BCUT2D eigenvalue weighted by atomic mass is 9.90. The lowest BCUT2D eigenvalue weighted by Gasteiger charge is -2.47. The maximum Gasteiger partial charge on any atom is 0.410 e. The van der Waals surface area contributed by atoms with Crippen LogP contribution in [0.3, 0.4) is 0 Å². The van der Waals surface area contributed by atoms with E-state index in [1.807, 2.05) is 38.7 Å². The number of halogens is 1. The lowest BCUT2D eigenvalue weighted by molar-refractivity contribution is -0.121. The smallest absolute Gasteiger partial charge is 0.410 e. The molecular weight excluding hydrogens is 629 g/mol. The number of aliphatic hydroxyl groups excluding tert-OH is 1. The number of rotatable bonds is 7. The van der Waals surface area contributed by atoms with Gasteiger partial charge in [-0.3, -0.25) is 14.6 Å². The second kappa shape index (κ2) is 13.6. The first kappa shape index (κ1) is 35.2. The molecule has 3 atom stereocenters. The van der Waals surface area contributed by atoms with Crippen LogP contribution in [0.4, 0.5) is 14.9 Å². The van der Waals surface area contributed by atoms with E-state index in [4.69, 9.17) is 9.47 Å². The molecule has 1 N–H and O–H groups in total. The van der Waals surface area contributed by atoms with Crippen molar-refractivity contribution in [3.05, 3.63) is 58.8 Å². The summed E-state index contributed by atoms with van der Waals surface area (Å²) in [5.74, 6) is -0.0558. The SMILES string of the molecule is C[C@@H]1COCCN1C[C@H]1CN(C(=O)OC(C)(C)C)[C@H](C)CN1CC(=O)N1CC(C)(C)c2c1cc(Cc1ccc(F)cc1)c1nc(CO)nn21. The number of amides is 2. The number of hydrogen-bond acceptors (Lipinski definition) is 9. The highest BCUT2D eigenvalue weighted by atomic mass is 19.1. The molecule has 0 saturated carbocycles. The number of ether oxygens (including phenoxy) is 2. The molecule has 266 valence electrons. The Kier molecular flexibility index (Phi) is 9.75. The Hall–Kier alpha value is -3.65. The fraction of sp³-hybridized carbons (Fsp3) is 0.611. The van der Waals surface area contributed by atoms with Gasteiger partial charge in [0.15, 0.2) is 11.5 Å². The van der Waals surface area contributed by atoms with Crippen molar-refractivity contribution in [1.29, 1.82) is 0 Å². The normalized spacial score (nSPS) is 23.2. The highest BCUT2D eigenvalue weighted by molar-refractivity contribution is 5.98. The summed E-state index contributed by atoms with van der Waals surface area (Å²) in [6.45, 7) is 18.0. The summed E-state index contributed by atoms with van der Waals surface area (Å²) in [6, 6.07) is 8.32. The van der Waals surface area contributed by atoms with Crippen LogP contribution in [0.25, 0.3) is 5.65 Å². The zero-order valence-electron chi connectivity index (χ0n) is 29.8. The van der Waals surface area contributed by atoms with Gasteiger partial charge in [0.1, 0.15) is 18.0 Å². The Balaban J connectivity index is 1.31. The van der Waals surface area contributed by atoms with Crippen LogP contribution in [0.1, 0.15) is 71.1 Å². The Morgan fingerprint density at radius 3 is 2.51 bits per heavy atom. The van der Waals surface area contributed by atoms with Gasteiger partial charge in [-0.15, -0.1) is 5.10 Å². The number of benzene rings is 1. The number of fused-ring (bicyclic) bond motifs is 3. The number of piperazine rings is 1. The summed E-state index contributed by atoms with van der Waals surface area (Å²) < 4.78 is 27.0. The molecule has 3 aliphatic heterocycles. The number of carbonyl (C=O) groups is 2. The summed E-state index contributed by atoms with van der Waals surface area (Å²) in [5, 5.41) is 14.6. The maximum absolute atomic E-state index is 14.5. The fourth-order valence-electron chi connectivity index (χ4n) is 7.38. The monoisotopic (exact) mass is 679 g/mol. The third-order valence-corrected chi connectivity index (χ3v) is 9.81. The number of carbonyl (C=O) groups excluding carboxylic acids is 2. The standard InChI is InChI=1S/C36H50FN7O5/c1-23-16-41(28(17-40-12-13-48-21-24(40)2)18-42(23)34(47)49-35(3,4)5)19-31(46)43-22-36(6,7)32-29(43)15-26(14-25-8-10-27(37)11-9-25)33-38-30(20-45)39-44(32)33/h8-11,15,23-24,28,45H,12-14,16-22H2,1-7H3/t23-,24-,28+/m1/s1. The Morgan fingerprint density at radius 2 is 1.84 bits per heavy atom. The number of aromatic nitrogens is 3. The molecule has 2 amide bonds. The first-order valence-electron chi connectivity index (χ1n) is 17.3. The van der Waals surface area contributed by atoms with Gasteiger partial charge in [-0.1, -0.05) is 26.0 Å². The van der Waals surface area contributed by atoms with E-state index in [-0.39, 0.29) is 49.1 Å². The van der Waals surface area contributed by atoms with Gasteiger partial charge in [0.25, 0.3) is 0 Å². The van der Waals surface area contributed by atoms with Crippen LogP contribution in [0, 0.1) is 5.82 Å². The third kappa shape index (κ3) is 7.45. The molecule has 49 heavy (non-hydrogen) atoms. The molecule has 6 rings (SSSR count). The molecule has 0 spiro atoms. The van der Waals surface area contributed by atoms with Gasteiger partial charge >= 0.3 is 6.09 Å². The lowest BCUT2D eigenvalue weighted by Crippen LogP contribution is -2.64. The van der Waals surface area contributed by atoms with Crippen molar-refractivity contribution in [3.63, 3.8) is 0 Å². The van der Waals surface area contributed by atoms with Gasteiger partial charge < -0.3 is 24.4 Å². The summed E-state index contributed by atoms with van der Waals surface area (Å²) in [4.78, 5) is 40.7. The summed E-state index contributed by atoms with van der Waals surface area (Å²) in [6.07, 6.45) is 0.113. The second-order valence-corrected chi connectivity index (χ2v) is 15.5. The van der Waals surface area contributed by atoms with E-state index < -0.39 is 11.0 Å². The molecule has 5 heterocycles. The van der Waals surface area contributed by atoms with Crippen molar-refractivity contribution in [2.24, 2.45) is 0 Å². The van der Waals surface area contributed by atoms with E-state index in [0.717, 1.165) is 29.1 Å². The van der Waals surface area contributed by atoms with Gasteiger partial charge in [-0.2, -0.15) is 0 Å². The molecule has 1 aromatic carbocycles. The van der Waals surface area contributed by atoms with Crippen LogP contribution < -0.4 is 4.90 Å². The Labute approximate surface area is 287 Å². The topological polar surface area (TPSA) is 116 Å². The van der Waals surface area contributed by atoms with E-state index in [9.17, 15) is 19.1 Å². The minimum atomic E-state index is -0.614. The van der Waals surface area contributed by atoms with Crippen molar-refractivity contribution < 1.29 is 28.6 Å². The zero-order chi connectivity index (χ0) is 35.2. The van der Waals surface area contributed by atoms with E-state index in [1.54, 1.807) is 21.5 Å². The highest BCUT2D eigenvalue weighted by Crippen LogP contribution is 2.42. The fourth-order valence-corrected chi connectivity index (χ4v) is 7.38. The van der Waals surface area contributed by atoms with Gasteiger partial charge in [-0.25, -0.2) is 18.7 Å². The Morgan fingerprint density at radius 1 is 1.10 bits per heavy atom. The summed E-state index contributed by atoms with van der Waals surface area (Å²) in [7, 11) is 0. The van der Waals surface area contributed by atoms with E-state index in [2.05, 4.69) is 40.7 Å². The molecule has 0 unspecified atom stereocenters. The molecule has 2 saturated heterocycles. The third-order valence-electron chi connectivity index (χ3n) is 9.81. The first-order chi connectivity index (χ1) is 23.1. The molecule has 12 nitrogen and oxygen atoms in total. The number of nitrogens with zero attached hydrogens (tertiary/aromatic N) is 7. The molecule has 3 aromatic rings. The van der Waals surface area contributed by atoms with Crippen LogP contribution in [0.15, 0.2) is 30.3 Å². The van der Waals surface area contributed by atoms with Gasteiger partial charge in [0, 0.05) is 68.2 Å². The Bertz CT molecular complexity index is 1690. The number of morpholine rings is 1. The molecule has 3 aliphatic rings. The number of aliphatic hydroxyl groups is 1. The van der Waals surface area contributed by atoms with Gasteiger partial charge in [-0.05, 0) is 58.4 Å². The van der Waals surface area contributed by atoms with E-state index in [0.29, 0.717) is 57.3 Å². The van der Waals surface area contributed by atoms with Crippen molar-refractivity contribution in [1.82, 2.24) is 29.3 Å². The molecule has 2 fully saturated rings. The molecule has 0 aliphatic carbocycles. The van der Waals surface area contributed by atoms with E-state index >= 15 is 0 Å². The minimum Gasteiger partial charge on any atom is -0.444 e. The van der Waals surface area contributed by atoms with Crippen LogP contribution >= 0.6 is 0 Å². The van der Waals surface area contributed by atoms with Crippen LogP contribution in [0.5, 0.6) is 0 Å². The van der Waals surface area contributed by atoms with Gasteiger partial charge in [0.2, 0.25) is 5.91 Å². The number of anilines is 1. The van der Waals surface area contributed by atoms with Crippen LogP contribution in [-0.2, 0) is 32.7 Å². The van der Waals surface area contributed by atoms with Crippen molar-refractivity contribution >= 4 is 23.3 Å². The largest absolute Gasteiger partial charge is 0.444 e. The summed E-state index contributed by atoms with van der Waals surface area (Å²) >= 11 is 0. The van der Waals surface area contributed by atoms with Crippen molar-refractivity contribution in [2.45, 2.75) is 90.6 Å². The minimum absolute atomic E-state index is 0.0423. The second-order valence-electron chi connectivity index (χ2n) is 15.5. The molecule has 0 bridgehead atoms. The highest BCUT2D eigenvalue weighted by Gasteiger charge is 2.44. The average Bonchev–Trinajstić information content (AvgIpc) is 3.58. The summed E-state index contributed by atoms with van der Waals surface area (Å²) in [5.41, 5.74) is 2.87. The number of hydrogen-bond donors (Lipinski definition) is 1. The average molecular weight is 680 g/mol. The zero-order valence-corrected chi connectivity index (χ0v) is 29.8. The van der Waals surface area contributed by atoms with E-state index in [1.165, 1.54) is 12.1 Å². The maximum atomic E-state index is 14.5. The number of pyridine rings is 1.